The molecule has 0 aliphatic carbocycles. The van der Waals surface area contributed by atoms with Gasteiger partial charge >= 0.3 is 0 Å². The van der Waals surface area contributed by atoms with Crippen molar-refractivity contribution in [2.24, 2.45) is 0 Å². The number of hydrogen-bond acceptors (Lipinski definition) is 3. The molecule has 0 spiro atoms. The quantitative estimate of drug-likeness (QED) is 0.826. The van der Waals surface area contributed by atoms with Gasteiger partial charge < -0.3 is 4.90 Å². The molecule has 0 unspecified atom stereocenters. The Kier molecular flexibility index (Phi) is 5.16. The summed E-state index contributed by atoms with van der Waals surface area (Å²) in [5, 5.41) is 0. The zero-order valence-corrected chi connectivity index (χ0v) is 13.8. The van der Waals surface area contributed by atoms with Crippen molar-refractivity contribution >= 4 is 33.4 Å². The van der Waals surface area contributed by atoms with Crippen molar-refractivity contribution < 1.29 is 9.59 Å². The highest BCUT2D eigenvalue weighted by Gasteiger charge is 2.09. The number of anilines is 1. The Morgan fingerprint density at radius 2 is 1.23 bits per heavy atom. The maximum Gasteiger partial charge on any atom is 0.269 e. The zero-order chi connectivity index (χ0) is 16.1. The van der Waals surface area contributed by atoms with Gasteiger partial charge in [-0.1, -0.05) is 15.9 Å². The van der Waals surface area contributed by atoms with Crippen molar-refractivity contribution in [3.63, 3.8) is 0 Å². The van der Waals surface area contributed by atoms with Crippen LogP contribution in [0.1, 0.15) is 20.7 Å². The molecule has 2 N–H and O–H groups in total. The average Bonchev–Trinajstić information content (AvgIpc) is 2.53. The van der Waals surface area contributed by atoms with Crippen LogP contribution in [0, 0.1) is 0 Å². The monoisotopic (exact) mass is 361 g/mol. The third-order valence-corrected chi connectivity index (χ3v) is 3.57. The van der Waals surface area contributed by atoms with E-state index in [-0.39, 0.29) is 11.8 Å². The molecule has 2 rings (SSSR count). The van der Waals surface area contributed by atoms with Gasteiger partial charge in [0.2, 0.25) is 0 Å². The standard InChI is InChI=1S/C16H16BrN3O2/c1-20(2)14-9-5-12(6-10-14)16(22)19-18-15(21)11-3-7-13(17)8-4-11/h3-10H,1-2H3,(H,18,21)(H,19,22). The van der Waals surface area contributed by atoms with Crippen molar-refractivity contribution in [3.8, 4) is 0 Å². The van der Waals surface area contributed by atoms with Gasteiger partial charge in [-0.05, 0) is 48.5 Å². The number of amides is 2. The second-order valence-electron chi connectivity index (χ2n) is 4.86. The molecule has 22 heavy (non-hydrogen) atoms. The molecule has 0 aromatic heterocycles. The lowest BCUT2D eigenvalue weighted by Crippen LogP contribution is -2.41. The molecular formula is C16H16BrN3O2. The summed E-state index contributed by atoms with van der Waals surface area (Å²) in [6.45, 7) is 0. The van der Waals surface area contributed by atoms with E-state index in [9.17, 15) is 9.59 Å². The van der Waals surface area contributed by atoms with Gasteiger partial charge in [0.15, 0.2) is 0 Å². The SMILES string of the molecule is CN(C)c1ccc(C(=O)NNC(=O)c2ccc(Br)cc2)cc1. The summed E-state index contributed by atoms with van der Waals surface area (Å²) < 4.78 is 0.883. The predicted molar refractivity (Wildman–Crippen MR) is 89.8 cm³/mol. The van der Waals surface area contributed by atoms with Crippen LogP contribution in [-0.2, 0) is 0 Å². The number of nitrogens with one attached hydrogen (secondary N) is 2. The molecule has 0 atom stereocenters. The molecule has 114 valence electrons. The van der Waals surface area contributed by atoms with Crippen LogP contribution in [0.5, 0.6) is 0 Å². The number of benzene rings is 2. The Bertz CT molecular complexity index is 667. The van der Waals surface area contributed by atoms with Gasteiger partial charge in [0.05, 0.1) is 0 Å². The van der Waals surface area contributed by atoms with Crippen LogP contribution >= 0.6 is 15.9 Å². The van der Waals surface area contributed by atoms with Crippen molar-refractivity contribution in [1.82, 2.24) is 10.9 Å². The Morgan fingerprint density at radius 1 is 0.818 bits per heavy atom. The Hall–Kier alpha value is -2.34. The second-order valence-corrected chi connectivity index (χ2v) is 5.77. The zero-order valence-electron chi connectivity index (χ0n) is 12.3. The third-order valence-electron chi connectivity index (χ3n) is 3.04. The first kappa shape index (κ1) is 16.0. The van der Waals surface area contributed by atoms with Gasteiger partial charge in [0, 0.05) is 35.4 Å². The normalized spacial score (nSPS) is 9.95. The van der Waals surface area contributed by atoms with Crippen LogP contribution in [-0.4, -0.2) is 25.9 Å². The van der Waals surface area contributed by atoms with Crippen LogP contribution in [0.4, 0.5) is 5.69 Å². The van der Waals surface area contributed by atoms with Crippen molar-refractivity contribution in [3.05, 3.63) is 64.1 Å². The fraction of sp³-hybridized carbons (Fsp3) is 0.125. The van der Waals surface area contributed by atoms with Crippen molar-refractivity contribution in [2.75, 3.05) is 19.0 Å². The minimum Gasteiger partial charge on any atom is -0.378 e. The van der Waals surface area contributed by atoms with E-state index >= 15 is 0 Å². The van der Waals surface area contributed by atoms with E-state index in [2.05, 4.69) is 26.8 Å². The van der Waals surface area contributed by atoms with Gasteiger partial charge in [-0.2, -0.15) is 0 Å². The number of carbonyl (C=O) groups excluding carboxylic acids is 2. The Morgan fingerprint density at radius 3 is 1.64 bits per heavy atom. The lowest BCUT2D eigenvalue weighted by molar-refractivity contribution is 0.0846. The molecule has 2 aromatic carbocycles. The van der Waals surface area contributed by atoms with Crippen LogP contribution in [0.3, 0.4) is 0 Å². The van der Waals surface area contributed by atoms with Gasteiger partial charge in [0.25, 0.3) is 11.8 Å². The molecule has 5 nitrogen and oxygen atoms in total. The van der Waals surface area contributed by atoms with E-state index in [4.69, 9.17) is 0 Å². The molecular weight excluding hydrogens is 346 g/mol. The summed E-state index contributed by atoms with van der Waals surface area (Å²) in [6.07, 6.45) is 0. The van der Waals surface area contributed by atoms with E-state index < -0.39 is 0 Å². The maximum atomic E-state index is 12.0. The first-order valence-corrected chi connectivity index (χ1v) is 7.40. The van der Waals surface area contributed by atoms with Gasteiger partial charge in [0.1, 0.15) is 0 Å². The fourth-order valence-corrected chi connectivity index (χ4v) is 2.03. The average molecular weight is 362 g/mol. The van der Waals surface area contributed by atoms with Crippen LogP contribution in [0.2, 0.25) is 0 Å². The van der Waals surface area contributed by atoms with Crippen molar-refractivity contribution in [2.45, 2.75) is 0 Å². The van der Waals surface area contributed by atoms with Crippen LogP contribution in [0.15, 0.2) is 53.0 Å². The molecule has 0 saturated heterocycles. The molecule has 0 heterocycles. The van der Waals surface area contributed by atoms with Crippen LogP contribution in [0.25, 0.3) is 0 Å². The van der Waals surface area contributed by atoms with E-state index in [1.165, 1.54) is 0 Å². The number of halogens is 1. The Labute approximate surface area is 137 Å². The minimum atomic E-state index is -0.370. The first-order valence-electron chi connectivity index (χ1n) is 6.61. The summed E-state index contributed by atoms with van der Waals surface area (Å²) in [5.41, 5.74) is 6.72. The Balaban J connectivity index is 1.94. The van der Waals surface area contributed by atoms with Gasteiger partial charge in [-0.3, -0.25) is 20.4 Å². The number of hydrazine groups is 1. The maximum absolute atomic E-state index is 12.0. The van der Waals surface area contributed by atoms with E-state index in [0.717, 1.165) is 10.2 Å². The number of rotatable bonds is 3. The molecule has 2 aromatic rings. The van der Waals surface area contributed by atoms with Gasteiger partial charge in [-0.15, -0.1) is 0 Å². The summed E-state index contributed by atoms with van der Waals surface area (Å²) in [6, 6.07) is 13.9. The second kappa shape index (κ2) is 7.09. The highest BCUT2D eigenvalue weighted by Crippen LogP contribution is 2.12. The van der Waals surface area contributed by atoms with E-state index in [1.807, 2.05) is 31.1 Å². The first-order chi connectivity index (χ1) is 10.5. The highest BCUT2D eigenvalue weighted by atomic mass is 79.9. The summed E-state index contributed by atoms with van der Waals surface area (Å²) in [5.74, 6) is -0.735. The predicted octanol–water partition coefficient (Wildman–Crippen LogP) is 2.59. The lowest BCUT2D eigenvalue weighted by Gasteiger charge is -2.13. The van der Waals surface area contributed by atoms with Crippen molar-refractivity contribution in [1.29, 1.82) is 0 Å². The third kappa shape index (κ3) is 4.08. The lowest BCUT2D eigenvalue weighted by atomic mass is 10.2. The number of carbonyl (C=O) groups is 2. The topological polar surface area (TPSA) is 61.4 Å². The minimum absolute atomic E-state index is 0.365. The molecule has 2 amide bonds. The number of nitrogens with zero attached hydrogens (tertiary/aromatic N) is 1. The molecule has 0 aliphatic heterocycles. The van der Waals surface area contributed by atoms with Gasteiger partial charge in [-0.25, -0.2) is 0 Å². The smallest absolute Gasteiger partial charge is 0.269 e. The molecule has 0 saturated carbocycles. The molecule has 6 heteroatoms. The summed E-state index contributed by atoms with van der Waals surface area (Å²) >= 11 is 3.30. The largest absolute Gasteiger partial charge is 0.378 e. The van der Waals surface area contributed by atoms with E-state index in [1.54, 1.807) is 36.4 Å². The fourth-order valence-electron chi connectivity index (χ4n) is 1.77. The summed E-state index contributed by atoms with van der Waals surface area (Å²) in [7, 11) is 3.85. The molecule has 0 aliphatic rings. The summed E-state index contributed by atoms with van der Waals surface area (Å²) in [4.78, 5) is 25.8. The highest BCUT2D eigenvalue weighted by molar-refractivity contribution is 9.10. The molecule has 0 radical (unpaired) electrons. The number of hydrogen-bond donors (Lipinski definition) is 2. The molecule has 0 fully saturated rings. The van der Waals surface area contributed by atoms with Crippen LogP contribution < -0.4 is 15.8 Å². The molecule has 0 bridgehead atoms. The van der Waals surface area contributed by atoms with E-state index in [0.29, 0.717) is 11.1 Å².